The fourth-order valence-corrected chi connectivity index (χ4v) is 3.00. The largest absolute Gasteiger partial charge is 0.493 e. The number of hydrogen-bond donors (Lipinski definition) is 0. The van der Waals surface area contributed by atoms with Gasteiger partial charge in [0.15, 0.2) is 11.5 Å². The minimum atomic E-state index is 0.507. The molecule has 0 radical (unpaired) electrons. The molecule has 0 aliphatic heterocycles. The van der Waals surface area contributed by atoms with Gasteiger partial charge in [-0.2, -0.15) is 0 Å². The van der Waals surface area contributed by atoms with Crippen molar-refractivity contribution >= 4 is 23.1 Å². The number of para-hydroxylation sites is 1. The quantitative estimate of drug-likeness (QED) is 0.419. The van der Waals surface area contributed by atoms with Gasteiger partial charge < -0.3 is 9.47 Å². The molecule has 0 aliphatic carbocycles. The third-order valence-corrected chi connectivity index (χ3v) is 4.49. The normalized spacial score (nSPS) is 11.0. The molecular weight excluding hydrogens is 346 g/mol. The number of fused-ring (bicyclic) bond motifs is 1. The first-order valence-electron chi connectivity index (χ1n) is 9.20. The van der Waals surface area contributed by atoms with E-state index >= 15 is 0 Å². The summed E-state index contributed by atoms with van der Waals surface area (Å²) in [6, 6.07) is 28.2. The van der Waals surface area contributed by atoms with Crippen LogP contribution in [0.25, 0.3) is 23.1 Å². The Bertz CT molecular complexity index is 1100. The van der Waals surface area contributed by atoms with Crippen molar-refractivity contribution in [3.8, 4) is 11.5 Å². The molecule has 4 rings (SSSR count). The molecule has 3 nitrogen and oxygen atoms in total. The number of pyridine rings is 1. The maximum absolute atomic E-state index is 5.92. The Hall–Kier alpha value is -3.59. The molecule has 28 heavy (non-hydrogen) atoms. The molecule has 0 aliphatic rings. The second-order valence-electron chi connectivity index (χ2n) is 6.45. The summed E-state index contributed by atoms with van der Waals surface area (Å²) in [6.07, 6.45) is 4.03. The number of benzene rings is 3. The zero-order chi connectivity index (χ0) is 19.2. The molecule has 0 bridgehead atoms. The molecule has 1 heterocycles. The van der Waals surface area contributed by atoms with E-state index in [1.807, 2.05) is 84.9 Å². The van der Waals surface area contributed by atoms with Crippen molar-refractivity contribution in [3.05, 3.63) is 102 Å². The monoisotopic (exact) mass is 367 g/mol. The van der Waals surface area contributed by atoms with Crippen molar-refractivity contribution in [1.29, 1.82) is 0 Å². The van der Waals surface area contributed by atoms with Crippen LogP contribution >= 0.6 is 0 Å². The second-order valence-corrected chi connectivity index (χ2v) is 6.45. The summed E-state index contributed by atoms with van der Waals surface area (Å²) >= 11 is 0. The highest BCUT2D eigenvalue weighted by Gasteiger charge is 2.05. The van der Waals surface area contributed by atoms with Crippen molar-refractivity contribution in [1.82, 2.24) is 4.98 Å². The maximum Gasteiger partial charge on any atom is 0.161 e. The van der Waals surface area contributed by atoms with Crippen LogP contribution in [0.3, 0.4) is 0 Å². The van der Waals surface area contributed by atoms with Crippen molar-refractivity contribution in [2.24, 2.45) is 0 Å². The number of hydrogen-bond acceptors (Lipinski definition) is 3. The summed E-state index contributed by atoms with van der Waals surface area (Å²) in [5, 5.41) is 1.14. The molecule has 3 aromatic carbocycles. The van der Waals surface area contributed by atoms with Crippen LogP contribution in [0.5, 0.6) is 11.5 Å². The Balaban J connectivity index is 1.50. The molecule has 0 atom stereocenters. The van der Waals surface area contributed by atoms with Crippen molar-refractivity contribution in [2.75, 3.05) is 7.11 Å². The highest BCUT2D eigenvalue weighted by Crippen LogP contribution is 2.29. The zero-order valence-corrected chi connectivity index (χ0v) is 15.7. The Kier molecular flexibility index (Phi) is 5.34. The second kappa shape index (κ2) is 8.40. The van der Waals surface area contributed by atoms with Crippen molar-refractivity contribution < 1.29 is 9.47 Å². The lowest BCUT2D eigenvalue weighted by molar-refractivity contribution is 0.284. The van der Waals surface area contributed by atoms with Gasteiger partial charge in [0.25, 0.3) is 0 Å². The summed E-state index contributed by atoms with van der Waals surface area (Å²) < 4.78 is 11.4. The Labute approximate surface area is 164 Å². The van der Waals surface area contributed by atoms with Crippen LogP contribution in [-0.4, -0.2) is 12.1 Å². The first-order valence-corrected chi connectivity index (χ1v) is 9.20. The van der Waals surface area contributed by atoms with Crippen molar-refractivity contribution in [2.45, 2.75) is 6.61 Å². The van der Waals surface area contributed by atoms with Crippen LogP contribution in [0.2, 0.25) is 0 Å². The number of nitrogens with zero attached hydrogens (tertiary/aromatic N) is 1. The lowest BCUT2D eigenvalue weighted by Crippen LogP contribution is -1.97. The molecule has 0 spiro atoms. The molecule has 0 amide bonds. The summed E-state index contributed by atoms with van der Waals surface area (Å²) in [6.45, 7) is 0.507. The van der Waals surface area contributed by atoms with E-state index in [-0.39, 0.29) is 0 Å². The van der Waals surface area contributed by atoms with Crippen molar-refractivity contribution in [3.63, 3.8) is 0 Å². The van der Waals surface area contributed by atoms with Gasteiger partial charge in [-0.15, -0.1) is 0 Å². The van der Waals surface area contributed by atoms with Gasteiger partial charge in [-0.05, 0) is 41.5 Å². The van der Waals surface area contributed by atoms with E-state index in [2.05, 4.69) is 17.1 Å². The molecule has 1 aromatic heterocycles. The fourth-order valence-electron chi connectivity index (χ4n) is 3.00. The van der Waals surface area contributed by atoms with Gasteiger partial charge in [0, 0.05) is 5.39 Å². The molecule has 0 saturated carbocycles. The predicted octanol–water partition coefficient (Wildman–Crippen LogP) is 5.99. The van der Waals surface area contributed by atoms with Gasteiger partial charge >= 0.3 is 0 Å². The molecule has 4 aromatic rings. The SMILES string of the molecule is COc1cc(C=Cc2ccc3ccccc3n2)ccc1OCc1ccccc1. The minimum absolute atomic E-state index is 0.507. The maximum atomic E-state index is 5.92. The standard InChI is InChI=1S/C25H21NO2/c1-27-25-17-19(12-16-24(25)28-18-20-7-3-2-4-8-20)11-14-22-15-13-21-9-5-6-10-23(21)26-22/h2-17H,18H2,1H3. The third kappa shape index (κ3) is 4.21. The predicted molar refractivity (Wildman–Crippen MR) is 114 cm³/mol. The lowest BCUT2D eigenvalue weighted by atomic mass is 10.1. The summed E-state index contributed by atoms with van der Waals surface area (Å²) in [5.41, 5.74) is 4.06. The van der Waals surface area contributed by atoms with E-state index in [0.717, 1.165) is 33.5 Å². The summed E-state index contributed by atoms with van der Waals surface area (Å²) in [4.78, 5) is 4.67. The number of rotatable bonds is 6. The average molecular weight is 367 g/mol. The fraction of sp³-hybridized carbons (Fsp3) is 0.0800. The number of ether oxygens (including phenoxy) is 2. The van der Waals surface area contributed by atoms with Crippen LogP contribution in [0.1, 0.15) is 16.8 Å². The van der Waals surface area contributed by atoms with Gasteiger partial charge in [0.05, 0.1) is 18.3 Å². The van der Waals surface area contributed by atoms with E-state index in [1.165, 1.54) is 0 Å². The molecule has 0 N–H and O–H groups in total. The Morgan fingerprint density at radius 3 is 2.46 bits per heavy atom. The highest BCUT2D eigenvalue weighted by molar-refractivity contribution is 5.80. The molecule has 0 saturated heterocycles. The lowest BCUT2D eigenvalue weighted by Gasteiger charge is -2.11. The summed E-state index contributed by atoms with van der Waals surface area (Å²) in [7, 11) is 1.66. The molecule has 0 fully saturated rings. The van der Waals surface area contributed by atoms with E-state index < -0.39 is 0 Å². The van der Waals surface area contributed by atoms with E-state index in [4.69, 9.17) is 9.47 Å². The van der Waals surface area contributed by atoms with Crippen LogP contribution in [-0.2, 0) is 6.61 Å². The zero-order valence-electron chi connectivity index (χ0n) is 15.7. The van der Waals surface area contributed by atoms with Crippen LogP contribution in [0.15, 0.2) is 84.9 Å². The average Bonchev–Trinajstić information content (AvgIpc) is 2.77. The molecule has 3 heteroatoms. The number of aromatic nitrogens is 1. The number of methoxy groups -OCH3 is 1. The molecular formula is C25H21NO2. The topological polar surface area (TPSA) is 31.4 Å². The van der Waals surface area contributed by atoms with Gasteiger partial charge in [0.1, 0.15) is 6.61 Å². The van der Waals surface area contributed by atoms with Crippen LogP contribution in [0, 0.1) is 0 Å². The van der Waals surface area contributed by atoms with Gasteiger partial charge in [-0.3, -0.25) is 0 Å². The Morgan fingerprint density at radius 1 is 0.786 bits per heavy atom. The molecule has 138 valence electrons. The van der Waals surface area contributed by atoms with E-state index in [1.54, 1.807) is 7.11 Å². The minimum Gasteiger partial charge on any atom is -0.493 e. The first-order chi connectivity index (χ1) is 13.8. The third-order valence-electron chi connectivity index (χ3n) is 4.49. The van der Waals surface area contributed by atoms with Crippen LogP contribution < -0.4 is 9.47 Å². The van der Waals surface area contributed by atoms with Gasteiger partial charge in [0.2, 0.25) is 0 Å². The van der Waals surface area contributed by atoms with E-state index in [9.17, 15) is 0 Å². The first kappa shape index (κ1) is 17.8. The molecule has 0 unspecified atom stereocenters. The smallest absolute Gasteiger partial charge is 0.161 e. The van der Waals surface area contributed by atoms with Gasteiger partial charge in [-0.1, -0.05) is 66.7 Å². The van der Waals surface area contributed by atoms with Gasteiger partial charge in [-0.25, -0.2) is 4.98 Å². The summed E-state index contributed by atoms with van der Waals surface area (Å²) in [5.74, 6) is 1.44. The van der Waals surface area contributed by atoms with Crippen LogP contribution in [0.4, 0.5) is 0 Å². The van der Waals surface area contributed by atoms with E-state index in [0.29, 0.717) is 12.4 Å². The Morgan fingerprint density at radius 2 is 1.61 bits per heavy atom. The highest BCUT2D eigenvalue weighted by atomic mass is 16.5.